The van der Waals surface area contributed by atoms with Crippen molar-refractivity contribution in [3.8, 4) is 0 Å². The summed E-state index contributed by atoms with van der Waals surface area (Å²) >= 11 is 4.74. The number of anilines is 1. The van der Waals surface area contributed by atoms with Gasteiger partial charge in [-0.25, -0.2) is 13.4 Å². The van der Waals surface area contributed by atoms with Crippen molar-refractivity contribution >= 4 is 43.0 Å². The van der Waals surface area contributed by atoms with Gasteiger partial charge in [0.1, 0.15) is 0 Å². The molecule has 2 N–H and O–H groups in total. The fourth-order valence-corrected chi connectivity index (χ4v) is 4.49. The smallest absolute Gasteiger partial charge is 0.244 e. The van der Waals surface area contributed by atoms with Crippen molar-refractivity contribution in [2.24, 2.45) is 0 Å². The Labute approximate surface area is 130 Å². The Hall–Kier alpha value is -0.960. The Morgan fingerprint density at radius 2 is 2.15 bits per heavy atom. The number of hydrogen-bond donors (Lipinski definition) is 1. The predicted octanol–water partition coefficient (Wildman–Crippen LogP) is 2.62. The molecule has 1 aromatic carbocycles. The Balaban J connectivity index is 2.29. The number of rotatable bonds is 4. The van der Waals surface area contributed by atoms with E-state index in [1.807, 2.05) is 12.3 Å². The van der Waals surface area contributed by atoms with Crippen LogP contribution in [0.1, 0.15) is 10.7 Å². The summed E-state index contributed by atoms with van der Waals surface area (Å²) in [5.41, 5.74) is 6.87. The van der Waals surface area contributed by atoms with Crippen LogP contribution in [0.2, 0.25) is 0 Å². The van der Waals surface area contributed by atoms with Gasteiger partial charge in [0.15, 0.2) is 0 Å². The monoisotopic (exact) mass is 375 g/mol. The third kappa shape index (κ3) is 3.20. The van der Waals surface area contributed by atoms with Crippen LogP contribution in [0.3, 0.4) is 0 Å². The van der Waals surface area contributed by atoms with Crippen LogP contribution in [0.5, 0.6) is 0 Å². The van der Waals surface area contributed by atoms with E-state index >= 15 is 0 Å². The molecule has 108 valence electrons. The van der Waals surface area contributed by atoms with Crippen LogP contribution in [0.15, 0.2) is 32.9 Å². The summed E-state index contributed by atoms with van der Waals surface area (Å²) in [6, 6.07) is 4.64. The molecule has 0 radical (unpaired) electrons. The largest absolute Gasteiger partial charge is 0.399 e. The Kier molecular flexibility index (Phi) is 4.48. The van der Waals surface area contributed by atoms with Gasteiger partial charge in [-0.3, -0.25) is 0 Å². The van der Waals surface area contributed by atoms with Crippen molar-refractivity contribution in [3.05, 3.63) is 38.8 Å². The Bertz CT molecular complexity index is 728. The maximum Gasteiger partial charge on any atom is 0.244 e. The number of aryl methyl sites for hydroxylation is 1. The van der Waals surface area contributed by atoms with Crippen molar-refractivity contribution in [2.75, 3.05) is 12.8 Å². The molecule has 0 bridgehead atoms. The molecule has 0 aliphatic carbocycles. The molecule has 1 aromatic heterocycles. The number of nitrogens with zero attached hydrogens (tertiary/aromatic N) is 2. The summed E-state index contributed by atoms with van der Waals surface area (Å²) in [5, 5.41) is 2.78. The zero-order valence-electron chi connectivity index (χ0n) is 11.0. The minimum absolute atomic E-state index is 0.196. The van der Waals surface area contributed by atoms with Gasteiger partial charge in [-0.2, -0.15) is 4.31 Å². The van der Waals surface area contributed by atoms with E-state index in [0.29, 0.717) is 10.2 Å². The molecule has 5 nitrogen and oxygen atoms in total. The first-order valence-electron chi connectivity index (χ1n) is 5.73. The highest BCUT2D eigenvalue weighted by molar-refractivity contribution is 9.10. The average Bonchev–Trinajstić information content (AvgIpc) is 2.74. The lowest BCUT2D eigenvalue weighted by molar-refractivity contribution is 0.462. The molecule has 20 heavy (non-hydrogen) atoms. The van der Waals surface area contributed by atoms with Crippen molar-refractivity contribution in [1.82, 2.24) is 9.29 Å². The number of benzene rings is 1. The lowest BCUT2D eigenvalue weighted by Crippen LogP contribution is -2.27. The molecule has 2 rings (SSSR count). The molecule has 1 heterocycles. The average molecular weight is 376 g/mol. The standard InChI is InChI=1S/C12H14BrN3O2S2/c1-8-15-10(7-19-8)6-16(2)20(17,18)12-4-3-9(14)5-11(12)13/h3-5,7H,6,14H2,1-2H3. The zero-order valence-corrected chi connectivity index (χ0v) is 14.2. The first-order valence-corrected chi connectivity index (χ1v) is 8.84. The number of nitrogen functional groups attached to an aromatic ring is 1. The minimum atomic E-state index is -3.58. The first-order chi connectivity index (χ1) is 9.30. The van der Waals surface area contributed by atoms with Crippen molar-refractivity contribution in [2.45, 2.75) is 18.4 Å². The number of sulfonamides is 1. The molecule has 0 aliphatic heterocycles. The van der Waals surface area contributed by atoms with Crippen molar-refractivity contribution in [1.29, 1.82) is 0 Å². The quantitative estimate of drug-likeness (QED) is 0.833. The van der Waals surface area contributed by atoms with Crippen LogP contribution in [-0.2, 0) is 16.6 Å². The molecule has 0 amide bonds. The molecule has 0 atom stereocenters. The molecule has 8 heteroatoms. The second-order valence-corrected chi connectivity index (χ2v) is 8.24. The van der Waals surface area contributed by atoms with Crippen LogP contribution in [-0.4, -0.2) is 24.8 Å². The van der Waals surface area contributed by atoms with E-state index in [2.05, 4.69) is 20.9 Å². The molecule has 2 aromatic rings. The Morgan fingerprint density at radius 3 is 2.70 bits per heavy atom. The summed E-state index contributed by atoms with van der Waals surface area (Å²) in [7, 11) is -2.05. The van der Waals surface area contributed by atoms with Crippen molar-refractivity contribution in [3.63, 3.8) is 0 Å². The van der Waals surface area contributed by atoms with E-state index in [-0.39, 0.29) is 11.4 Å². The number of halogens is 1. The van der Waals surface area contributed by atoms with E-state index in [4.69, 9.17) is 5.73 Å². The SMILES string of the molecule is Cc1nc(CN(C)S(=O)(=O)c2ccc(N)cc2Br)cs1. The van der Waals surface area contributed by atoms with Crippen LogP contribution < -0.4 is 5.73 Å². The minimum Gasteiger partial charge on any atom is -0.399 e. The summed E-state index contributed by atoms with van der Waals surface area (Å²) in [5.74, 6) is 0. The molecule has 0 unspecified atom stereocenters. The fraction of sp³-hybridized carbons (Fsp3) is 0.250. The maximum absolute atomic E-state index is 12.5. The fourth-order valence-electron chi connectivity index (χ4n) is 1.69. The molecule has 0 saturated heterocycles. The van der Waals surface area contributed by atoms with Gasteiger partial charge in [0.25, 0.3) is 0 Å². The van der Waals surface area contributed by atoms with Gasteiger partial charge in [0.2, 0.25) is 10.0 Å². The van der Waals surface area contributed by atoms with Gasteiger partial charge in [0, 0.05) is 22.6 Å². The van der Waals surface area contributed by atoms with Gasteiger partial charge < -0.3 is 5.73 Å². The van der Waals surface area contributed by atoms with Crippen LogP contribution in [0.25, 0.3) is 0 Å². The first kappa shape index (κ1) is 15.4. The second kappa shape index (κ2) is 5.80. The predicted molar refractivity (Wildman–Crippen MR) is 84.1 cm³/mol. The van der Waals surface area contributed by atoms with Gasteiger partial charge in [-0.15, -0.1) is 11.3 Å². The van der Waals surface area contributed by atoms with Gasteiger partial charge in [-0.05, 0) is 41.1 Å². The number of hydrogen-bond acceptors (Lipinski definition) is 5. The number of thiazole rings is 1. The molecule has 0 saturated carbocycles. The lowest BCUT2D eigenvalue weighted by atomic mass is 10.3. The van der Waals surface area contributed by atoms with E-state index in [1.54, 1.807) is 12.1 Å². The summed E-state index contributed by atoms with van der Waals surface area (Å²) in [6.45, 7) is 2.13. The molecular weight excluding hydrogens is 362 g/mol. The summed E-state index contributed by atoms with van der Waals surface area (Å²) in [6.07, 6.45) is 0. The van der Waals surface area contributed by atoms with E-state index in [1.165, 1.54) is 28.8 Å². The van der Waals surface area contributed by atoms with Crippen LogP contribution >= 0.6 is 27.3 Å². The molecule has 0 fully saturated rings. The van der Waals surface area contributed by atoms with Gasteiger partial charge in [0.05, 0.1) is 22.1 Å². The second-order valence-electron chi connectivity index (χ2n) is 4.31. The summed E-state index contributed by atoms with van der Waals surface area (Å²) < 4.78 is 26.7. The zero-order chi connectivity index (χ0) is 14.9. The van der Waals surface area contributed by atoms with Gasteiger partial charge >= 0.3 is 0 Å². The maximum atomic E-state index is 12.5. The molecule has 0 aliphatic rings. The highest BCUT2D eigenvalue weighted by Gasteiger charge is 2.24. The van der Waals surface area contributed by atoms with Crippen LogP contribution in [0.4, 0.5) is 5.69 Å². The highest BCUT2D eigenvalue weighted by atomic mass is 79.9. The third-order valence-electron chi connectivity index (χ3n) is 2.70. The van der Waals surface area contributed by atoms with E-state index < -0.39 is 10.0 Å². The summed E-state index contributed by atoms with van der Waals surface area (Å²) in [4.78, 5) is 4.47. The number of aromatic nitrogens is 1. The normalized spacial score (nSPS) is 12.0. The third-order valence-corrected chi connectivity index (χ3v) is 6.30. The Morgan fingerprint density at radius 1 is 1.45 bits per heavy atom. The van der Waals surface area contributed by atoms with Gasteiger partial charge in [-0.1, -0.05) is 0 Å². The van der Waals surface area contributed by atoms with Crippen LogP contribution in [0, 0.1) is 6.92 Å². The van der Waals surface area contributed by atoms with E-state index in [0.717, 1.165) is 10.7 Å². The van der Waals surface area contributed by atoms with Crippen molar-refractivity contribution < 1.29 is 8.42 Å². The number of nitrogens with two attached hydrogens (primary N) is 1. The van der Waals surface area contributed by atoms with E-state index in [9.17, 15) is 8.42 Å². The molecule has 0 spiro atoms. The highest BCUT2D eigenvalue weighted by Crippen LogP contribution is 2.27. The molecular formula is C12H14BrN3O2S2. The topological polar surface area (TPSA) is 76.3 Å². The lowest BCUT2D eigenvalue weighted by Gasteiger charge is -2.17.